The van der Waals surface area contributed by atoms with Crippen molar-refractivity contribution in [2.75, 3.05) is 0 Å². The Bertz CT molecular complexity index is 803. The van der Waals surface area contributed by atoms with Crippen molar-refractivity contribution in [1.29, 1.82) is 0 Å². The second kappa shape index (κ2) is 5.96. The first-order valence-electron chi connectivity index (χ1n) is 7.99. The minimum atomic E-state index is 0.421. The number of aryl methyl sites for hydroxylation is 2. The van der Waals surface area contributed by atoms with Gasteiger partial charge in [-0.15, -0.1) is 0 Å². The number of nitrogens with one attached hydrogen (secondary N) is 2. The van der Waals surface area contributed by atoms with Crippen molar-refractivity contribution in [3.8, 4) is 11.3 Å². The molecule has 0 spiro atoms. The molecule has 0 aliphatic carbocycles. The van der Waals surface area contributed by atoms with Crippen molar-refractivity contribution in [3.63, 3.8) is 0 Å². The zero-order chi connectivity index (χ0) is 15.6. The van der Waals surface area contributed by atoms with Crippen molar-refractivity contribution >= 4 is 0 Å². The maximum Gasteiger partial charge on any atom is 0.138 e. The highest BCUT2D eigenvalue weighted by Crippen LogP contribution is 2.22. The number of aromatic nitrogens is 5. The third-order valence-corrected chi connectivity index (χ3v) is 4.41. The molecule has 1 aliphatic heterocycles. The van der Waals surface area contributed by atoms with Crippen molar-refractivity contribution in [1.82, 2.24) is 30.3 Å². The number of fused-ring (bicyclic) bond motifs is 1. The molecular weight excluding hydrogens is 288 g/mol. The fourth-order valence-corrected chi connectivity index (χ4v) is 3.15. The lowest BCUT2D eigenvalue weighted by Gasteiger charge is -2.23. The van der Waals surface area contributed by atoms with Crippen LogP contribution >= 0.6 is 0 Å². The molecule has 23 heavy (non-hydrogen) atoms. The number of rotatable bonds is 4. The van der Waals surface area contributed by atoms with E-state index in [1.807, 2.05) is 10.9 Å². The molecule has 4 rings (SSSR count). The van der Waals surface area contributed by atoms with E-state index in [0.717, 1.165) is 37.4 Å². The van der Waals surface area contributed by atoms with Crippen LogP contribution in [0.2, 0.25) is 0 Å². The molecule has 0 amide bonds. The van der Waals surface area contributed by atoms with Crippen LogP contribution in [-0.4, -0.2) is 31.0 Å². The predicted molar refractivity (Wildman–Crippen MR) is 87.7 cm³/mol. The van der Waals surface area contributed by atoms with Crippen LogP contribution in [0.25, 0.3) is 11.3 Å². The van der Waals surface area contributed by atoms with Gasteiger partial charge in [0.15, 0.2) is 0 Å². The van der Waals surface area contributed by atoms with Crippen LogP contribution < -0.4 is 5.32 Å². The second-order valence-corrected chi connectivity index (χ2v) is 6.11. The Labute approximate surface area is 135 Å². The monoisotopic (exact) mass is 308 g/mol. The first kappa shape index (κ1) is 14.1. The number of aromatic amines is 1. The van der Waals surface area contributed by atoms with Gasteiger partial charge in [-0.05, 0) is 19.4 Å². The maximum atomic E-state index is 4.27. The van der Waals surface area contributed by atoms with Crippen molar-refractivity contribution < 1.29 is 0 Å². The highest BCUT2D eigenvalue weighted by molar-refractivity contribution is 5.63. The molecule has 0 saturated carbocycles. The van der Waals surface area contributed by atoms with Crippen molar-refractivity contribution in [2.24, 2.45) is 0 Å². The predicted octanol–water partition coefficient (Wildman–Crippen LogP) is 2.08. The quantitative estimate of drug-likeness (QED) is 0.774. The lowest BCUT2D eigenvalue weighted by atomic mass is 10.0. The van der Waals surface area contributed by atoms with Gasteiger partial charge in [-0.2, -0.15) is 10.2 Å². The number of nitrogens with zero attached hydrogens (tertiary/aromatic N) is 4. The molecule has 0 saturated heterocycles. The van der Waals surface area contributed by atoms with E-state index in [1.54, 1.807) is 6.33 Å². The minimum Gasteiger partial charge on any atom is -0.308 e. The van der Waals surface area contributed by atoms with E-state index in [4.69, 9.17) is 0 Å². The van der Waals surface area contributed by atoms with E-state index in [9.17, 15) is 0 Å². The van der Waals surface area contributed by atoms with Gasteiger partial charge in [-0.3, -0.25) is 5.10 Å². The Balaban J connectivity index is 1.46. The molecule has 3 aromatic rings. The van der Waals surface area contributed by atoms with Crippen LogP contribution in [0.1, 0.15) is 23.4 Å². The smallest absolute Gasteiger partial charge is 0.138 e. The lowest BCUT2D eigenvalue weighted by Crippen LogP contribution is -2.37. The summed E-state index contributed by atoms with van der Waals surface area (Å²) in [7, 11) is 0. The normalized spacial score (nSPS) is 17.2. The summed E-state index contributed by atoms with van der Waals surface area (Å²) in [5.74, 6) is 1.09. The highest BCUT2D eigenvalue weighted by Gasteiger charge is 2.19. The van der Waals surface area contributed by atoms with Crippen molar-refractivity contribution in [2.45, 2.75) is 38.9 Å². The van der Waals surface area contributed by atoms with Gasteiger partial charge in [0, 0.05) is 30.1 Å². The Hall–Kier alpha value is -2.47. The second-order valence-electron chi connectivity index (χ2n) is 6.11. The van der Waals surface area contributed by atoms with Crippen LogP contribution in [0, 0.1) is 6.92 Å². The molecular formula is C17H20N6. The van der Waals surface area contributed by atoms with Crippen LogP contribution in [-0.2, 0) is 19.5 Å². The number of hydrogen-bond donors (Lipinski definition) is 2. The average Bonchev–Trinajstić information content (AvgIpc) is 3.21. The van der Waals surface area contributed by atoms with E-state index >= 15 is 0 Å². The Morgan fingerprint density at radius 2 is 2.35 bits per heavy atom. The first-order chi connectivity index (χ1) is 11.3. The van der Waals surface area contributed by atoms with Crippen LogP contribution in [0.5, 0.6) is 0 Å². The summed E-state index contributed by atoms with van der Waals surface area (Å²) in [6.07, 6.45) is 5.63. The SMILES string of the molecule is Cc1cccc(-c2[nH]ncc2CN[C@H]2CCc3ncnn3C2)c1. The van der Waals surface area contributed by atoms with E-state index in [-0.39, 0.29) is 0 Å². The van der Waals surface area contributed by atoms with Gasteiger partial charge >= 0.3 is 0 Å². The summed E-state index contributed by atoms with van der Waals surface area (Å²) in [5.41, 5.74) is 4.72. The standard InChI is InChI=1S/C17H20N6/c1-12-3-2-4-13(7-12)17-14(9-20-22-17)8-18-15-5-6-16-19-11-21-23(16)10-15/h2-4,7,9,11,15,18H,5-6,8,10H2,1H3,(H,20,22)/t15-/m0/s1. The number of H-pyrrole nitrogens is 1. The fraction of sp³-hybridized carbons (Fsp3) is 0.353. The summed E-state index contributed by atoms with van der Waals surface area (Å²) in [4.78, 5) is 4.27. The van der Waals surface area contributed by atoms with Crippen LogP contribution in [0.3, 0.4) is 0 Å². The number of hydrogen-bond acceptors (Lipinski definition) is 4. The summed E-state index contributed by atoms with van der Waals surface area (Å²) in [6, 6.07) is 8.90. The third kappa shape index (κ3) is 2.90. The molecule has 0 fully saturated rings. The van der Waals surface area contributed by atoms with Gasteiger partial charge in [0.05, 0.1) is 18.4 Å². The Kier molecular flexibility index (Phi) is 3.67. The largest absolute Gasteiger partial charge is 0.308 e. The molecule has 118 valence electrons. The van der Waals surface area contributed by atoms with Gasteiger partial charge in [0.1, 0.15) is 12.2 Å². The Morgan fingerprint density at radius 1 is 1.39 bits per heavy atom. The molecule has 2 aromatic heterocycles. The fourth-order valence-electron chi connectivity index (χ4n) is 3.15. The lowest BCUT2D eigenvalue weighted by molar-refractivity contribution is 0.358. The van der Waals surface area contributed by atoms with E-state index < -0.39 is 0 Å². The van der Waals surface area contributed by atoms with E-state index in [1.165, 1.54) is 16.7 Å². The molecule has 1 aromatic carbocycles. The maximum absolute atomic E-state index is 4.27. The van der Waals surface area contributed by atoms with Crippen LogP contribution in [0.4, 0.5) is 0 Å². The van der Waals surface area contributed by atoms with Gasteiger partial charge in [0.25, 0.3) is 0 Å². The van der Waals surface area contributed by atoms with Crippen LogP contribution in [0.15, 0.2) is 36.8 Å². The zero-order valence-corrected chi connectivity index (χ0v) is 13.2. The van der Waals surface area contributed by atoms with Gasteiger partial charge < -0.3 is 5.32 Å². The molecule has 0 bridgehead atoms. The molecule has 2 N–H and O–H groups in total. The molecule has 1 aliphatic rings. The van der Waals surface area contributed by atoms with Gasteiger partial charge in [-0.1, -0.05) is 23.8 Å². The highest BCUT2D eigenvalue weighted by atomic mass is 15.3. The van der Waals surface area contributed by atoms with E-state index in [0.29, 0.717) is 6.04 Å². The first-order valence-corrected chi connectivity index (χ1v) is 7.99. The van der Waals surface area contributed by atoms with Gasteiger partial charge in [0.2, 0.25) is 0 Å². The molecule has 0 radical (unpaired) electrons. The number of benzene rings is 1. The summed E-state index contributed by atoms with van der Waals surface area (Å²) < 4.78 is 2.00. The Morgan fingerprint density at radius 3 is 3.26 bits per heavy atom. The zero-order valence-electron chi connectivity index (χ0n) is 13.2. The topological polar surface area (TPSA) is 71.4 Å². The minimum absolute atomic E-state index is 0.421. The summed E-state index contributed by atoms with van der Waals surface area (Å²) >= 11 is 0. The van der Waals surface area contributed by atoms with Crippen molar-refractivity contribution in [3.05, 3.63) is 53.7 Å². The molecule has 0 unspecified atom stereocenters. The average molecular weight is 308 g/mol. The molecule has 6 heteroatoms. The third-order valence-electron chi connectivity index (χ3n) is 4.41. The molecule has 6 nitrogen and oxygen atoms in total. The molecule has 1 atom stereocenters. The van der Waals surface area contributed by atoms with E-state index in [2.05, 4.69) is 56.8 Å². The van der Waals surface area contributed by atoms with Gasteiger partial charge in [-0.25, -0.2) is 9.67 Å². The summed E-state index contributed by atoms with van der Waals surface area (Å²) in [5, 5.41) is 15.3. The molecule has 3 heterocycles. The summed E-state index contributed by atoms with van der Waals surface area (Å²) in [6.45, 7) is 3.79.